The van der Waals surface area contributed by atoms with E-state index in [9.17, 15) is 9.59 Å². The van der Waals surface area contributed by atoms with Gasteiger partial charge in [0, 0.05) is 31.7 Å². The first-order valence-electron chi connectivity index (χ1n) is 10.1. The number of rotatable bonds is 8. The summed E-state index contributed by atoms with van der Waals surface area (Å²) in [5.41, 5.74) is 8.71. The predicted molar refractivity (Wildman–Crippen MR) is 114 cm³/mol. The number of hydrogen-bond donors (Lipinski definition) is 2. The number of anilines is 1. The van der Waals surface area contributed by atoms with Crippen LogP contribution in [0.2, 0.25) is 0 Å². The number of aryl methyl sites for hydroxylation is 1. The van der Waals surface area contributed by atoms with Crippen molar-refractivity contribution in [3.63, 3.8) is 0 Å². The van der Waals surface area contributed by atoms with Crippen LogP contribution >= 0.6 is 0 Å². The Morgan fingerprint density at radius 3 is 2.45 bits per heavy atom. The van der Waals surface area contributed by atoms with Crippen molar-refractivity contribution < 1.29 is 14.3 Å². The fourth-order valence-electron chi connectivity index (χ4n) is 3.61. The summed E-state index contributed by atoms with van der Waals surface area (Å²) < 4.78 is 5.14. The number of nitrogens with one attached hydrogen (secondary N) is 1. The molecular weight excluding hydrogens is 366 g/mol. The molecule has 1 aliphatic rings. The molecule has 0 aliphatic carbocycles. The van der Waals surface area contributed by atoms with Crippen LogP contribution in [-0.4, -0.2) is 32.0 Å². The molecule has 3 rings (SSSR count). The van der Waals surface area contributed by atoms with Crippen molar-refractivity contribution in [1.29, 1.82) is 0 Å². The minimum Gasteiger partial charge on any atom is -0.497 e. The molecule has 2 aromatic rings. The van der Waals surface area contributed by atoms with E-state index in [-0.39, 0.29) is 17.7 Å². The molecule has 1 heterocycles. The summed E-state index contributed by atoms with van der Waals surface area (Å²) in [6.07, 6.45) is 2.99. The standard InChI is InChI=1S/C23H29N3O3/c1-29-21-11-6-17(7-12-21)8-13-22(27)25-15-18-4-9-20(10-5-18)26-14-2-3-19(16-26)23(24)28/h4-7,9-12,19H,2-3,8,13-16H2,1H3,(H2,24,28)(H,25,27). The zero-order chi connectivity index (χ0) is 20.6. The Balaban J connectivity index is 1.44. The monoisotopic (exact) mass is 395 g/mol. The quantitative estimate of drug-likeness (QED) is 0.720. The molecule has 2 amide bonds. The van der Waals surface area contributed by atoms with E-state index < -0.39 is 0 Å². The zero-order valence-corrected chi connectivity index (χ0v) is 16.9. The molecule has 29 heavy (non-hydrogen) atoms. The van der Waals surface area contributed by atoms with Crippen LogP contribution in [0.1, 0.15) is 30.4 Å². The van der Waals surface area contributed by atoms with Crippen molar-refractivity contribution in [2.75, 3.05) is 25.1 Å². The summed E-state index contributed by atoms with van der Waals surface area (Å²) in [5.74, 6) is 0.554. The number of amides is 2. The summed E-state index contributed by atoms with van der Waals surface area (Å²) >= 11 is 0. The van der Waals surface area contributed by atoms with Crippen LogP contribution in [0.15, 0.2) is 48.5 Å². The molecule has 1 fully saturated rings. The van der Waals surface area contributed by atoms with E-state index >= 15 is 0 Å². The first kappa shape index (κ1) is 20.7. The summed E-state index contributed by atoms with van der Waals surface area (Å²) in [6, 6.07) is 15.9. The summed E-state index contributed by atoms with van der Waals surface area (Å²) in [7, 11) is 1.64. The van der Waals surface area contributed by atoms with Crippen molar-refractivity contribution in [3.8, 4) is 5.75 Å². The number of nitrogens with zero attached hydrogens (tertiary/aromatic N) is 1. The molecule has 0 bridgehead atoms. The lowest BCUT2D eigenvalue weighted by Crippen LogP contribution is -2.41. The molecule has 1 aliphatic heterocycles. The first-order valence-corrected chi connectivity index (χ1v) is 10.1. The number of nitrogens with two attached hydrogens (primary N) is 1. The molecule has 0 aromatic heterocycles. The number of carbonyl (C=O) groups excluding carboxylic acids is 2. The molecule has 6 nitrogen and oxygen atoms in total. The largest absolute Gasteiger partial charge is 0.497 e. The average molecular weight is 396 g/mol. The van der Waals surface area contributed by atoms with Gasteiger partial charge in [0.15, 0.2) is 0 Å². The number of benzene rings is 2. The van der Waals surface area contributed by atoms with E-state index in [4.69, 9.17) is 10.5 Å². The number of carbonyl (C=O) groups is 2. The smallest absolute Gasteiger partial charge is 0.222 e. The second-order valence-corrected chi connectivity index (χ2v) is 7.48. The summed E-state index contributed by atoms with van der Waals surface area (Å²) in [4.78, 5) is 25.8. The number of hydrogen-bond acceptors (Lipinski definition) is 4. The fourth-order valence-corrected chi connectivity index (χ4v) is 3.61. The van der Waals surface area contributed by atoms with Gasteiger partial charge in [0.1, 0.15) is 5.75 Å². The van der Waals surface area contributed by atoms with Crippen LogP contribution in [0.4, 0.5) is 5.69 Å². The third kappa shape index (κ3) is 5.98. The second-order valence-electron chi connectivity index (χ2n) is 7.48. The van der Waals surface area contributed by atoms with Crippen molar-refractivity contribution in [3.05, 3.63) is 59.7 Å². The minimum atomic E-state index is -0.219. The maximum atomic E-state index is 12.1. The van der Waals surface area contributed by atoms with Crippen molar-refractivity contribution >= 4 is 17.5 Å². The van der Waals surface area contributed by atoms with Gasteiger partial charge in [-0.2, -0.15) is 0 Å². The Bertz CT molecular complexity index is 818. The van der Waals surface area contributed by atoms with Crippen molar-refractivity contribution in [2.24, 2.45) is 11.7 Å². The Hall–Kier alpha value is -3.02. The van der Waals surface area contributed by atoms with Gasteiger partial charge in [0.05, 0.1) is 13.0 Å². The van der Waals surface area contributed by atoms with Crippen LogP contribution in [0.5, 0.6) is 5.75 Å². The summed E-state index contributed by atoms with van der Waals surface area (Å²) in [5, 5.41) is 2.97. The lowest BCUT2D eigenvalue weighted by molar-refractivity contribution is -0.122. The molecule has 0 saturated carbocycles. The molecule has 6 heteroatoms. The van der Waals surface area contributed by atoms with E-state index in [1.807, 2.05) is 48.5 Å². The highest BCUT2D eigenvalue weighted by Gasteiger charge is 2.24. The Morgan fingerprint density at radius 2 is 1.79 bits per heavy atom. The summed E-state index contributed by atoms with van der Waals surface area (Å²) in [6.45, 7) is 2.12. The second kappa shape index (κ2) is 9.96. The molecular formula is C23H29N3O3. The fraction of sp³-hybridized carbons (Fsp3) is 0.391. The molecule has 1 unspecified atom stereocenters. The van der Waals surface area contributed by atoms with Crippen LogP contribution in [-0.2, 0) is 22.6 Å². The van der Waals surface area contributed by atoms with Gasteiger partial charge in [-0.15, -0.1) is 0 Å². The number of primary amides is 1. The third-order valence-electron chi connectivity index (χ3n) is 5.41. The highest BCUT2D eigenvalue weighted by Crippen LogP contribution is 2.23. The zero-order valence-electron chi connectivity index (χ0n) is 16.9. The normalized spacial score (nSPS) is 16.3. The molecule has 154 valence electrons. The highest BCUT2D eigenvalue weighted by molar-refractivity contribution is 5.77. The Morgan fingerprint density at radius 1 is 1.10 bits per heavy atom. The molecule has 1 atom stereocenters. The van der Waals surface area contributed by atoms with Gasteiger partial charge in [0.25, 0.3) is 0 Å². The number of piperidine rings is 1. The van der Waals surface area contributed by atoms with E-state index in [1.165, 1.54) is 0 Å². The van der Waals surface area contributed by atoms with Crippen LogP contribution in [0.25, 0.3) is 0 Å². The topological polar surface area (TPSA) is 84.7 Å². The molecule has 1 saturated heterocycles. The SMILES string of the molecule is COc1ccc(CCC(=O)NCc2ccc(N3CCCC(C(N)=O)C3)cc2)cc1. The number of ether oxygens (including phenoxy) is 1. The Labute approximate surface area is 172 Å². The average Bonchev–Trinajstić information content (AvgIpc) is 2.77. The first-order chi connectivity index (χ1) is 14.0. The maximum absolute atomic E-state index is 12.1. The van der Waals surface area contributed by atoms with Gasteiger partial charge in [-0.3, -0.25) is 9.59 Å². The van der Waals surface area contributed by atoms with Gasteiger partial charge in [-0.05, 0) is 54.7 Å². The van der Waals surface area contributed by atoms with Gasteiger partial charge in [0.2, 0.25) is 11.8 Å². The van der Waals surface area contributed by atoms with Crippen LogP contribution in [0, 0.1) is 5.92 Å². The van der Waals surface area contributed by atoms with Gasteiger partial charge in [-0.25, -0.2) is 0 Å². The molecule has 3 N–H and O–H groups in total. The molecule has 2 aromatic carbocycles. The predicted octanol–water partition coefficient (Wildman–Crippen LogP) is 2.65. The van der Waals surface area contributed by atoms with Gasteiger partial charge in [-0.1, -0.05) is 24.3 Å². The highest BCUT2D eigenvalue weighted by atomic mass is 16.5. The molecule has 0 radical (unpaired) electrons. The van der Waals surface area contributed by atoms with E-state index in [0.29, 0.717) is 25.9 Å². The van der Waals surface area contributed by atoms with Crippen LogP contribution in [0.3, 0.4) is 0 Å². The van der Waals surface area contributed by atoms with E-state index in [0.717, 1.165) is 42.0 Å². The van der Waals surface area contributed by atoms with Crippen LogP contribution < -0.4 is 20.7 Å². The lowest BCUT2D eigenvalue weighted by atomic mass is 9.97. The lowest BCUT2D eigenvalue weighted by Gasteiger charge is -2.33. The Kier molecular flexibility index (Phi) is 7.11. The maximum Gasteiger partial charge on any atom is 0.222 e. The van der Waals surface area contributed by atoms with Crippen molar-refractivity contribution in [1.82, 2.24) is 5.32 Å². The van der Waals surface area contributed by atoms with Gasteiger partial charge < -0.3 is 20.7 Å². The van der Waals surface area contributed by atoms with Crippen molar-refractivity contribution in [2.45, 2.75) is 32.2 Å². The molecule has 0 spiro atoms. The number of methoxy groups -OCH3 is 1. The minimum absolute atomic E-state index is 0.0326. The third-order valence-corrected chi connectivity index (χ3v) is 5.41. The van der Waals surface area contributed by atoms with Gasteiger partial charge >= 0.3 is 0 Å². The van der Waals surface area contributed by atoms with E-state index in [2.05, 4.69) is 10.2 Å². The van der Waals surface area contributed by atoms with E-state index in [1.54, 1.807) is 7.11 Å².